The minimum atomic E-state index is -0.199. The van der Waals surface area contributed by atoms with Crippen LogP contribution >= 0.6 is 0 Å². The first-order valence-electron chi connectivity index (χ1n) is 6.06. The van der Waals surface area contributed by atoms with E-state index in [1.54, 1.807) is 24.3 Å². The molecule has 0 bridgehead atoms. The Morgan fingerprint density at radius 1 is 1.15 bits per heavy atom. The molecule has 7 nitrogen and oxygen atoms in total. The summed E-state index contributed by atoms with van der Waals surface area (Å²) < 4.78 is 4.66. The summed E-state index contributed by atoms with van der Waals surface area (Å²) >= 11 is 0. The fraction of sp³-hybridized carbons (Fsp3) is 0.231. The van der Waals surface area contributed by atoms with Crippen LogP contribution in [0.2, 0.25) is 0 Å². The molecule has 0 saturated carbocycles. The van der Waals surface area contributed by atoms with Gasteiger partial charge in [0, 0.05) is 31.1 Å². The second-order valence-electron chi connectivity index (χ2n) is 4.07. The first-order chi connectivity index (χ1) is 9.66. The smallest absolute Gasteiger partial charge is 0.251 e. The maximum absolute atomic E-state index is 11.8. The van der Waals surface area contributed by atoms with Gasteiger partial charge in [0.05, 0.1) is 0 Å². The van der Waals surface area contributed by atoms with E-state index in [0.717, 1.165) is 5.56 Å². The highest BCUT2D eigenvalue weighted by Gasteiger charge is 2.07. The van der Waals surface area contributed by atoms with Crippen LogP contribution in [0.3, 0.4) is 0 Å². The van der Waals surface area contributed by atoms with E-state index < -0.39 is 0 Å². The summed E-state index contributed by atoms with van der Waals surface area (Å²) in [6.07, 6.45) is 1.25. The zero-order valence-electron chi connectivity index (χ0n) is 10.9. The lowest BCUT2D eigenvalue weighted by Crippen LogP contribution is -2.33. The van der Waals surface area contributed by atoms with E-state index in [1.807, 2.05) is 0 Å². The van der Waals surface area contributed by atoms with Crippen molar-refractivity contribution in [3.8, 4) is 11.4 Å². The van der Waals surface area contributed by atoms with Gasteiger partial charge >= 0.3 is 0 Å². The van der Waals surface area contributed by atoms with Crippen molar-refractivity contribution in [2.75, 3.05) is 13.1 Å². The van der Waals surface area contributed by atoms with E-state index in [2.05, 4.69) is 25.3 Å². The third kappa shape index (κ3) is 3.64. The highest BCUT2D eigenvalue weighted by Crippen LogP contribution is 2.14. The van der Waals surface area contributed by atoms with E-state index >= 15 is 0 Å². The van der Waals surface area contributed by atoms with Crippen LogP contribution in [0.15, 0.2) is 35.2 Å². The van der Waals surface area contributed by atoms with Gasteiger partial charge in [0.2, 0.25) is 18.1 Å². The van der Waals surface area contributed by atoms with E-state index in [1.165, 1.54) is 13.3 Å². The normalized spacial score (nSPS) is 10.1. The highest BCUT2D eigenvalue weighted by atomic mass is 16.5. The lowest BCUT2D eigenvalue weighted by molar-refractivity contribution is -0.118. The molecule has 0 spiro atoms. The fourth-order valence-corrected chi connectivity index (χ4v) is 1.59. The van der Waals surface area contributed by atoms with Crippen molar-refractivity contribution in [3.05, 3.63) is 36.2 Å². The molecular formula is C13H14N4O3. The van der Waals surface area contributed by atoms with Gasteiger partial charge < -0.3 is 15.2 Å². The summed E-state index contributed by atoms with van der Waals surface area (Å²) in [7, 11) is 0. The molecule has 1 heterocycles. The molecule has 0 radical (unpaired) electrons. The molecule has 0 unspecified atom stereocenters. The number of nitrogens with zero attached hydrogens (tertiary/aromatic N) is 2. The number of benzene rings is 1. The van der Waals surface area contributed by atoms with Gasteiger partial charge in [-0.15, -0.1) is 0 Å². The van der Waals surface area contributed by atoms with Crippen LogP contribution in [0.1, 0.15) is 17.3 Å². The Morgan fingerprint density at radius 2 is 1.85 bits per heavy atom. The summed E-state index contributed by atoms with van der Waals surface area (Å²) in [5.74, 6) is 0.154. The summed E-state index contributed by atoms with van der Waals surface area (Å²) in [6.45, 7) is 2.21. The lowest BCUT2D eigenvalue weighted by Gasteiger charge is -2.06. The quantitative estimate of drug-likeness (QED) is 0.778. The zero-order chi connectivity index (χ0) is 14.4. The van der Waals surface area contributed by atoms with Gasteiger partial charge in [-0.2, -0.15) is 4.98 Å². The molecule has 0 aliphatic heterocycles. The molecule has 0 aliphatic rings. The third-order valence-corrected chi connectivity index (χ3v) is 2.55. The van der Waals surface area contributed by atoms with Crippen molar-refractivity contribution in [1.29, 1.82) is 0 Å². The summed E-state index contributed by atoms with van der Waals surface area (Å²) in [4.78, 5) is 26.4. The van der Waals surface area contributed by atoms with E-state index in [0.29, 0.717) is 24.5 Å². The zero-order valence-corrected chi connectivity index (χ0v) is 10.9. The first-order valence-corrected chi connectivity index (χ1v) is 6.06. The molecule has 0 fully saturated rings. The van der Waals surface area contributed by atoms with Gasteiger partial charge in [-0.25, -0.2) is 0 Å². The molecule has 0 saturated heterocycles. The van der Waals surface area contributed by atoms with Crippen LogP contribution in [-0.4, -0.2) is 35.0 Å². The molecule has 0 atom stereocenters. The van der Waals surface area contributed by atoms with Crippen molar-refractivity contribution in [2.24, 2.45) is 0 Å². The van der Waals surface area contributed by atoms with Crippen LogP contribution in [0.5, 0.6) is 0 Å². The van der Waals surface area contributed by atoms with Crippen molar-refractivity contribution < 1.29 is 14.1 Å². The van der Waals surface area contributed by atoms with Gasteiger partial charge in [0.25, 0.3) is 5.91 Å². The molecular weight excluding hydrogens is 260 g/mol. The van der Waals surface area contributed by atoms with Crippen molar-refractivity contribution in [2.45, 2.75) is 6.92 Å². The lowest BCUT2D eigenvalue weighted by atomic mass is 10.1. The molecule has 104 valence electrons. The predicted molar refractivity (Wildman–Crippen MR) is 70.8 cm³/mol. The number of carbonyl (C=O) groups is 2. The Kier molecular flexibility index (Phi) is 4.43. The summed E-state index contributed by atoms with van der Waals surface area (Å²) in [5.41, 5.74) is 1.30. The van der Waals surface area contributed by atoms with Crippen LogP contribution < -0.4 is 10.6 Å². The number of aromatic nitrogens is 2. The van der Waals surface area contributed by atoms with Crippen LogP contribution in [0.4, 0.5) is 0 Å². The van der Waals surface area contributed by atoms with Gasteiger partial charge in [0.15, 0.2) is 0 Å². The van der Waals surface area contributed by atoms with Gasteiger partial charge in [-0.1, -0.05) is 17.3 Å². The molecule has 1 aromatic heterocycles. The SMILES string of the molecule is CC(=O)NCCNC(=O)c1ccc(-c2ncon2)cc1. The maximum Gasteiger partial charge on any atom is 0.251 e. The first kappa shape index (κ1) is 13.7. The number of carbonyl (C=O) groups excluding carboxylic acids is 2. The van der Waals surface area contributed by atoms with Crippen LogP contribution in [-0.2, 0) is 4.79 Å². The monoisotopic (exact) mass is 274 g/mol. The largest absolute Gasteiger partial charge is 0.355 e. The van der Waals surface area contributed by atoms with E-state index in [9.17, 15) is 9.59 Å². The molecule has 2 aromatic rings. The summed E-state index contributed by atoms with van der Waals surface area (Å²) in [5, 5.41) is 9.02. The van der Waals surface area contributed by atoms with Crippen LogP contribution in [0.25, 0.3) is 11.4 Å². The van der Waals surface area contributed by atoms with Gasteiger partial charge in [-0.05, 0) is 12.1 Å². The minimum absolute atomic E-state index is 0.122. The summed E-state index contributed by atoms with van der Waals surface area (Å²) in [6, 6.07) is 6.85. The third-order valence-electron chi connectivity index (χ3n) is 2.55. The highest BCUT2D eigenvalue weighted by molar-refractivity contribution is 5.94. The Labute approximate surface area is 115 Å². The minimum Gasteiger partial charge on any atom is -0.355 e. The van der Waals surface area contributed by atoms with Crippen molar-refractivity contribution in [3.63, 3.8) is 0 Å². The Morgan fingerprint density at radius 3 is 2.45 bits per heavy atom. The number of nitrogens with one attached hydrogen (secondary N) is 2. The molecule has 7 heteroatoms. The van der Waals surface area contributed by atoms with E-state index in [-0.39, 0.29) is 11.8 Å². The predicted octanol–water partition coefficient (Wildman–Crippen LogP) is 0.602. The average Bonchev–Trinajstić information content (AvgIpc) is 2.97. The second-order valence-corrected chi connectivity index (χ2v) is 4.07. The molecule has 2 amide bonds. The van der Waals surface area contributed by atoms with Gasteiger partial charge in [0.1, 0.15) is 0 Å². The molecule has 2 N–H and O–H groups in total. The fourth-order valence-electron chi connectivity index (χ4n) is 1.59. The number of hydrogen-bond donors (Lipinski definition) is 2. The maximum atomic E-state index is 11.8. The van der Waals surface area contributed by atoms with Crippen LogP contribution in [0, 0.1) is 0 Å². The second kappa shape index (κ2) is 6.46. The Balaban J connectivity index is 1.89. The van der Waals surface area contributed by atoms with Gasteiger partial charge in [-0.3, -0.25) is 9.59 Å². The van der Waals surface area contributed by atoms with Crippen molar-refractivity contribution >= 4 is 11.8 Å². The number of rotatable bonds is 5. The Hall–Kier alpha value is -2.70. The topological polar surface area (TPSA) is 97.1 Å². The Bertz CT molecular complexity index is 578. The number of amides is 2. The standard InChI is InChI=1S/C13H14N4O3/c1-9(18)14-6-7-15-13(19)11-4-2-10(3-5-11)12-16-8-20-17-12/h2-5,8H,6-7H2,1H3,(H,14,18)(H,15,19). The molecule has 0 aliphatic carbocycles. The average molecular weight is 274 g/mol. The molecule has 1 aromatic carbocycles. The molecule has 20 heavy (non-hydrogen) atoms. The molecule has 2 rings (SSSR count). The van der Waals surface area contributed by atoms with E-state index in [4.69, 9.17) is 0 Å². The number of hydrogen-bond acceptors (Lipinski definition) is 5. The van der Waals surface area contributed by atoms with Crippen molar-refractivity contribution in [1.82, 2.24) is 20.8 Å².